The first-order chi connectivity index (χ1) is 12.8. The zero-order valence-corrected chi connectivity index (χ0v) is 15.9. The number of carbonyl (C=O) groups excluding carboxylic acids is 1. The monoisotopic (exact) mass is 389 g/mol. The number of hydrogen-bond donors (Lipinski definition) is 1. The molecule has 9 nitrogen and oxygen atoms in total. The molecule has 3 rings (SSSR count). The summed E-state index contributed by atoms with van der Waals surface area (Å²) in [4.78, 5) is 12.4. The van der Waals surface area contributed by atoms with E-state index in [0.717, 1.165) is 5.69 Å². The summed E-state index contributed by atoms with van der Waals surface area (Å²) in [5, 5.41) is 14.5. The molecule has 10 heteroatoms. The average Bonchev–Trinajstić information content (AvgIpc) is 3.21. The maximum atomic E-state index is 12.2. The van der Waals surface area contributed by atoms with Gasteiger partial charge in [-0.25, -0.2) is 8.42 Å². The molecule has 0 aliphatic carbocycles. The van der Waals surface area contributed by atoms with Crippen LogP contribution in [0.3, 0.4) is 0 Å². The van der Waals surface area contributed by atoms with Gasteiger partial charge in [0.2, 0.25) is 5.91 Å². The second-order valence-corrected chi connectivity index (χ2v) is 8.26. The smallest absolute Gasteiger partial charge is 0.322 e. The van der Waals surface area contributed by atoms with Crippen LogP contribution in [-0.2, 0) is 28.1 Å². The number of hydrogen-bond acceptors (Lipinski definition) is 7. The number of amides is 1. The van der Waals surface area contributed by atoms with Crippen molar-refractivity contribution in [3.63, 3.8) is 0 Å². The average molecular weight is 389 g/mol. The van der Waals surface area contributed by atoms with Gasteiger partial charge in [-0.2, -0.15) is 5.10 Å². The van der Waals surface area contributed by atoms with Crippen LogP contribution < -0.4 is 5.32 Å². The molecule has 0 bridgehead atoms. The lowest BCUT2D eigenvalue weighted by atomic mass is 10.1. The van der Waals surface area contributed by atoms with Gasteiger partial charge in [-0.15, -0.1) is 5.10 Å². The van der Waals surface area contributed by atoms with Crippen molar-refractivity contribution in [3.8, 4) is 11.6 Å². The molecule has 1 amide bonds. The molecule has 1 N–H and O–H groups in total. The van der Waals surface area contributed by atoms with Crippen LogP contribution in [-0.4, -0.2) is 40.1 Å². The molecular weight excluding hydrogens is 370 g/mol. The van der Waals surface area contributed by atoms with Gasteiger partial charge < -0.3 is 4.42 Å². The molecule has 27 heavy (non-hydrogen) atoms. The van der Waals surface area contributed by atoms with Crippen LogP contribution in [0.5, 0.6) is 0 Å². The van der Waals surface area contributed by atoms with Gasteiger partial charge in [-0.3, -0.25) is 14.8 Å². The molecule has 0 saturated heterocycles. The summed E-state index contributed by atoms with van der Waals surface area (Å²) in [5.74, 6) is -0.0669. The first-order valence-corrected chi connectivity index (χ1v) is 9.90. The van der Waals surface area contributed by atoms with E-state index in [4.69, 9.17) is 4.42 Å². The molecule has 0 spiro atoms. The summed E-state index contributed by atoms with van der Waals surface area (Å²) in [6.45, 7) is 3.43. The van der Waals surface area contributed by atoms with Gasteiger partial charge in [-0.05, 0) is 30.7 Å². The van der Waals surface area contributed by atoms with Crippen molar-refractivity contribution in [2.75, 3.05) is 11.1 Å². The number of sulfone groups is 1. The Labute approximate surface area is 156 Å². The largest absolute Gasteiger partial charge is 0.401 e. The Balaban J connectivity index is 1.65. The van der Waals surface area contributed by atoms with Crippen LogP contribution in [0.25, 0.3) is 11.6 Å². The van der Waals surface area contributed by atoms with Crippen LogP contribution in [0.15, 0.2) is 39.6 Å². The highest BCUT2D eigenvalue weighted by atomic mass is 32.2. The molecular formula is C17H19N5O4S. The fourth-order valence-corrected chi connectivity index (χ4v) is 3.40. The number of rotatable bonds is 6. The SMILES string of the molecule is CCS(=O)(=O)c1ccc(CC(=O)Nc2nnc(-c3cc(C)nn3C)o2)cc1. The molecule has 3 aromatic rings. The Morgan fingerprint density at radius 1 is 1.22 bits per heavy atom. The van der Waals surface area contributed by atoms with Crippen LogP contribution in [0, 0.1) is 6.92 Å². The molecule has 1 aromatic carbocycles. The zero-order valence-electron chi connectivity index (χ0n) is 15.1. The molecule has 0 aliphatic heterocycles. The molecule has 0 atom stereocenters. The minimum atomic E-state index is -3.26. The second-order valence-electron chi connectivity index (χ2n) is 5.98. The Morgan fingerprint density at radius 2 is 1.93 bits per heavy atom. The number of nitrogens with one attached hydrogen (secondary N) is 1. The quantitative estimate of drug-likeness (QED) is 0.682. The molecule has 0 fully saturated rings. The molecule has 0 unspecified atom stereocenters. The van der Waals surface area contributed by atoms with E-state index in [0.29, 0.717) is 11.3 Å². The molecule has 2 aromatic heterocycles. The predicted molar refractivity (Wildman–Crippen MR) is 97.7 cm³/mol. The van der Waals surface area contributed by atoms with Crippen LogP contribution in [0.2, 0.25) is 0 Å². The highest BCUT2D eigenvalue weighted by Crippen LogP contribution is 2.20. The maximum Gasteiger partial charge on any atom is 0.322 e. The third-order valence-electron chi connectivity index (χ3n) is 3.92. The van der Waals surface area contributed by atoms with Crippen molar-refractivity contribution in [3.05, 3.63) is 41.6 Å². The normalized spacial score (nSPS) is 11.5. The van der Waals surface area contributed by atoms with E-state index in [1.807, 2.05) is 6.92 Å². The Bertz CT molecular complexity index is 1070. The van der Waals surface area contributed by atoms with Gasteiger partial charge in [0, 0.05) is 7.05 Å². The van der Waals surface area contributed by atoms with Crippen molar-refractivity contribution >= 4 is 21.8 Å². The number of aryl methyl sites for hydroxylation is 2. The van der Waals surface area contributed by atoms with Gasteiger partial charge in [0.25, 0.3) is 5.89 Å². The minimum absolute atomic E-state index is 0.0148. The Hall–Kier alpha value is -3.01. The fraction of sp³-hybridized carbons (Fsp3) is 0.294. The van der Waals surface area contributed by atoms with E-state index in [9.17, 15) is 13.2 Å². The predicted octanol–water partition coefficient (Wildman–Crippen LogP) is 1.75. The van der Waals surface area contributed by atoms with Gasteiger partial charge in [0.15, 0.2) is 9.84 Å². The summed E-state index contributed by atoms with van der Waals surface area (Å²) >= 11 is 0. The van der Waals surface area contributed by atoms with Gasteiger partial charge in [-0.1, -0.05) is 24.2 Å². The van der Waals surface area contributed by atoms with Crippen LogP contribution in [0.4, 0.5) is 6.01 Å². The van der Waals surface area contributed by atoms with E-state index in [1.165, 1.54) is 12.1 Å². The lowest BCUT2D eigenvalue weighted by Crippen LogP contribution is -2.14. The molecule has 142 valence electrons. The van der Waals surface area contributed by atoms with Crippen molar-refractivity contribution < 1.29 is 17.6 Å². The first kappa shape index (κ1) is 18.8. The number of benzene rings is 1. The highest BCUT2D eigenvalue weighted by molar-refractivity contribution is 7.91. The van der Waals surface area contributed by atoms with E-state index in [1.54, 1.807) is 36.9 Å². The van der Waals surface area contributed by atoms with Crippen LogP contribution in [0.1, 0.15) is 18.2 Å². The third-order valence-corrected chi connectivity index (χ3v) is 5.67. The number of anilines is 1. The summed E-state index contributed by atoms with van der Waals surface area (Å²) < 4.78 is 30.7. The molecule has 0 saturated carbocycles. The standard InChI is InChI=1S/C17H19N5O4S/c1-4-27(24,25)13-7-5-12(6-8-13)10-15(23)18-17-20-19-16(26-17)14-9-11(2)21-22(14)3/h5-9H,4,10H2,1-3H3,(H,18,20,23). The lowest BCUT2D eigenvalue weighted by molar-refractivity contribution is -0.115. The third kappa shape index (κ3) is 4.22. The van der Waals surface area contributed by atoms with E-state index >= 15 is 0 Å². The van der Waals surface area contributed by atoms with Crippen molar-refractivity contribution in [2.45, 2.75) is 25.2 Å². The number of aromatic nitrogens is 4. The fourth-order valence-electron chi connectivity index (χ4n) is 2.52. The van der Waals surface area contributed by atoms with E-state index < -0.39 is 9.84 Å². The van der Waals surface area contributed by atoms with E-state index in [-0.39, 0.29) is 34.9 Å². The molecule has 0 radical (unpaired) electrons. The minimum Gasteiger partial charge on any atom is -0.401 e. The summed E-state index contributed by atoms with van der Waals surface area (Å²) in [6.07, 6.45) is 0.0506. The lowest BCUT2D eigenvalue weighted by Gasteiger charge is -2.04. The Kier molecular flexibility index (Phi) is 5.08. The summed E-state index contributed by atoms with van der Waals surface area (Å²) in [7, 11) is -1.50. The van der Waals surface area contributed by atoms with Gasteiger partial charge in [0.1, 0.15) is 5.69 Å². The van der Waals surface area contributed by atoms with E-state index in [2.05, 4.69) is 20.6 Å². The van der Waals surface area contributed by atoms with Crippen molar-refractivity contribution in [1.82, 2.24) is 20.0 Å². The van der Waals surface area contributed by atoms with Gasteiger partial charge >= 0.3 is 6.01 Å². The van der Waals surface area contributed by atoms with Gasteiger partial charge in [0.05, 0.1) is 22.8 Å². The topological polar surface area (TPSA) is 120 Å². The van der Waals surface area contributed by atoms with Crippen LogP contribution >= 0.6 is 0 Å². The summed E-state index contributed by atoms with van der Waals surface area (Å²) in [6, 6.07) is 8.00. The molecule has 2 heterocycles. The zero-order chi connectivity index (χ0) is 19.6. The first-order valence-electron chi connectivity index (χ1n) is 8.24. The highest BCUT2D eigenvalue weighted by Gasteiger charge is 2.16. The summed E-state index contributed by atoms with van der Waals surface area (Å²) in [5.41, 5.74) is 2.13. The van der Waals surface area contributed by atoms with Crippen molar-refractivity contribution in [1.29, 1.82) is 0 Å². The van der Waals surface area contributed by atoms with Crippen molar-refractivity contribution in [2.24, 2.45) is 7.05 Å². The second kappa shape index (κ2) is 7.31. The maximum absolute atomic E-state index is 12.2. The number of carbonyl (C=O) groups is 1. The molecule has 0 aliphatic rings. The Morgan fingerprint density at radius 3 is 2.52 bits per heavy atom. The number of nitrogens with zero attached hydrogens (tertiary/aromatic N) is 4.